The number of halogens is 1. The van der Waals surface area contributed by atoms with Gasteiger partial charge in [-0.15, -0.1) is 0 Å². The van der Waals surface area contributed by atoms with Gasteiger partial charge in [-0.2, -0.15) is 5.10 Å². The molecule has 2 N–H and O–H groups in total. The number of benzene rings is 1. The number of nitrogens with two attached hydrogens (primary N) is 1. The third-order valence-corrected chi connectivity index (χ3v) is 3.49. The Kier molecular flexibility index (Phi) is 4.96. The maximum atomic E-state index is 14.0. The molecule has 0 aliphatic carbocycles. The molecule has 21 heavy (non-hydrogen) atoms. The summed E-state index contributed by atoms with van der Waals surface area (Å²) in [6.45, 7) is 4.23. The van der Waals surface area contributed by atoms with Gasteiger partial charge in [0.05, 0.1) is 11.4 Å². The predicted octanol–water partition coefficient (Wildman–Crippen LogP) is 2.73. The van der Waals surface area contributed by atoms with Gasteiger partial charge in [-0.3, -0.25) is 4.68 Å². The van der Waals surface area contributed by atoms with Gasteiger partial charge in [-0.25, -0.2) is 4.39 Å². The summed E-state index contributed by atoms with van der Waals surface area (Å²) in [7, 11) is 1.84. The second-order valence-corrected chi connectivity index (χ2v) is 5.33. The lowest BCUT2D eigenvalue weighted by molar-refractivity contribution is 0.280. The molecule has 1 aromatic heterocycles. The summed E-state index contributed by atoms with van der Waals surface area (Å²) in [5, 5.41) is 4.23. The minimum Gasteiger partial charge on any atom is -0.484 e. The summed E-state index contributed by atoms with van der Waals surface area (Å²) >= 11 is 0. The summed E-state index contributed by atoms with van der Waals surface area (Å²) in [6.07, 6.45) is 1.55. The van der Waals surface area contributed by atoms with E-state index in [1.54, 1.807) is 10.7 Å². The SMILES string of the molecule is CCC(N)Cc1ccc(OCc2cc(C)nn2C)c(F)c1. The normalized spacial score (nSPS) is 12.4. The summed E-state index contributed by atoms with van der Waals surface area (Å²) in [6, 6.07) is 7.01. The van der Waals surface area contributed by atoms with Crippen molar-refractivity contribution < 1.29 is 9.13 Å². The third kappa shape index (κ3) is 4.04. The zero-order chi connectivity index (χ0) is 15.4. The Morgan fingerprint density at radius 1 is 1.38 bits per heavy atom. The number of aryl methyl sites for hydroxylation is 2. The lowest BCUT2D eigenvalue weighted by atomic mass is 10.0. The van der Waals surface area contributed by atoms with Crippen LogP contribution >= 0.6 is 0 Å². The first-order chi connectivity index (χ1) is 9.99. The number of nitrogens with zero attached hydrogens (tertiary/aromatic N) is 2. The number of rotatable bonds is 6. The molecule has 1 atom stereocenters. The van der Waals surface area contributed by atoms with Crippen molar-refractivity contribution in [1.82, 2.24) is 9.78 Å². The van der Waals surface area contributed by atoms with Gasteiger partial charge >= 0.3 is 0 Å². The summed E-state index contributed by atoms with van der Waals surface area (Å²) in [4.78, 5) is 0. The first kappa shape index (κ1) is 15.5. The van der Waals surface area contributed by atoms with Gasteiger partial charge in [0.1, 0.15) is 6.61 Å². The Balaban J connectivity index is 2.02. The van der Waals surface area contributed by atoms with Crippen LogP contribution in [-0.2, 0) is 20.1 Å². The van der Waals surface area contributed by atoms with E-state index in [0.29, 0.717) is 13.0 Å². The molecular formula is C16H22FN3O. The largest absolute Gasteiger partial charge is 0.484 e. The second kappa shape index (κ2) is 6.72. The van der Waals surface area contributed by atoms with Crippen molar-refractivity contribution >= 4 is 0 Å². The predicted molar refractivity (Wildman–Crippen MR) is 80.6 cm³/mol. The molecule has 0 bridgehead atoms. The van der Waals surface area contributed by atoms with Crippen LogP contribution in [0.25, 0.3) is 0 Å². The molecule has 5 heteroatoms. The lowest BCUT2D eigenvalue weighted by Crippen LogP contribution is -2.21. The van der Waals surface area contributed by atoms with E-state index in [9.17, 15) is 4.39 Å². The van der Waals surface area contributed by atoms with Crippen LogP contribution < -0.4 is 10.5 Å². The molecule has 0 saturated heterocycles. The van der Waals surface area contributed by atoms with Crippen LogP contribution in [0, 0.1) is 12.7 Å². The van der Waals surface area contributed by atoms with Crippen LogP contribution in [0.3, 0.4) is 0 Å². The van der Waals surface area contributed by atoms with E-state index in [2.05, 4.69) is 5.10 Å². The molecule has 114 valence electrons. The smallest absolute Gasteiger partial charge is 0.165 e. The van der Waals surface area contributed by atoms with Crippen molar-refractivity contribution in [2.45, 2.75) is 39.3 Å². The number of hydrogen-bond acceptors (Lipinski definition) is 3. The van der Waals surface area contributed by atoms with Crippen LogP contribution in [0.1, 0.15) is 30.3 Å². The molecule has 2 aromatic rings. The zero-order valence-electron chi connectivity index (χ0n) is 12.8. The fraction of sp³-hybridized carbons (Fsp3) is 0.438. The molecule has 1 aromatic carbocycles. The fourth-order valence-electron chi connectivity index (χ4n) is 2.19. The zero-order valence-corrected chi connectivity index (χ0v) is 12.8. The van der Waals surface area contributed by atoms with Crippen molar-refractivity contribution in [3.63, 3.8) is 0 Å². The Hall–Kier alpha value is -1.88. The Morgan fingerprint density at radius 2 is 2.14 bits per heavy atom. The summed E-state index contributed by atoms with van der Waals surface area (Å²) in [5.41, 5.74) is 8.60. The Bertz CT molecular complexity index is 610. The average Bonchev–Trinajstić information content (AvgIpc) is 2.76. The van der Waals surface area contributed by atoms with Gasteiger partial charge < -0.3 is 10.5 Å². The van der Waals surface area contributed by atoms with Crippen molar-refractivity contribution in [2.24, 2.45) is 12.8 Å². The maximum absolute atomic E-state index is 14.0. The molecule has 1 unspecified atom stereocenters. The molecule has 4 nitrogen and oxygen atoms in total. The molecule has 0 aliphatic rings. The summed E-state index contributed by atoms with van der Waals surface area (Å²) in [5.74, 6) is -0.0997. The van der Waals surface area contributed by atoms with Gasteiger partial charge in [-0.1, -0.05) is 13.0 Å². The molecule has 0 fully saturated rings. The maximum Gasteiger partial charge on any atom is 0.165 e. The monoisotopic (exact) mass is 291 g/mol. The highest BCUT2D eigenvalue weighted by Gasteiger charge is 2.09. The highest BCUT2D eigenvalue weighted by atomic mass is 19.1. The van der Waals surface area contributed by atoms with Crippen LogP contribution in [0.4, 0.5) is 4.39 Å². The molecule has 0 amide bonds. The molecular weight excluding hydrogens is 269 g/mol. The standard InChI is InChI=1S/C16H22FN3O/c1-4-13(18)8-12-5-6-16(15(17)9-12)21-10-14-7-11(2)19-20(14)3/h5-7,9,13H,4,8,10,18H2,1-3H3. The van der Waals surface area contributed by atoms with E-state index in [0.717, 1.165) is 23.4 Å². The van der Waals surface area contributed by atoms with Crippen molar-refractivity contribution in [2.75, 3.05) is 0 Å². The second-order valence-electron chi connectivity index (χ2n) is 5.33. The van der Waals surface area contributed by atoms with Gasteiger partial charge in [-0.05, 0) is 43.5 Å². The summed E-state index contributed by atoms with van der Waals surface area (Å²) < 4.78 is 21.3. The molecule has 2 rings (SSSR count). The number of aromatic nitrogens is 2. The van der Waals surface area contributed by atoms with Crippen LogP contribution in [-0.4, -0.2) is 15.8 Å². The Labute approximate surface area is 124 Å². The minimum absolute atomic E-state index is 0.0635. The Morgan fingerprint density at radius 3 is 2.71 bits per heavy atom. The quantitative estimate of drug-likeness (QED) is 0.890. The minimum atomic E-state index is -0.352. The average molecular weight is 291 g/mol. The number of hydrogen-bond donors (Lipinski definition) is 1. The van der Waals surface area contributed by atoms with Crippen molar-refractivity contribution in [3.05, 3.63) is 47.0 Å². The first-order valence-electron chi connectivity index (χ1n) is 7.16. The lowest BCUT2D eigenvalue weighted by Gasteiger charge is -2.11. The van der Waals surface area contributed by atoms with E-state index in [4.69, 9.17) is 10.5 Å². The van der Waals surface area contributed by atoms with Gasteiger partial charge in [0.25, 0.3) is 0 Å². The third-order valence-electron chi connectivity index (χ3n) is 3.49. The van der Waals surface area contributed by atoms with E-state index in [1.165, 1.54) is 6.07 Å². The fourth-order valence-corrected chi connectivity index (χ4v) is 2.19. The highest BCUT2D eigenvalue weighted by molar-refractivity contribution is 5.30. The van der Waals surface area contributed by atoms with Crippen LogP contribution in [0.2, 0.25) is 0 Å². The molecule has 1 heterocycles. The highest BCUT2D eigenvalue weighted by Crippen LogP contribution is 2.20. The number of ether oxygens (including phenoxy) is 1. The van der Waals surface area contributed by atoms with Gasteiger partial charge in [0, 0.05) is 13.1 Å². The van der Waals surface area contributed by atoms with Crippen LogP contribution in [0.5, 0.6) is 5.75 Å². The van der Waals surface area contributed by atoms with Gasteiger partial charge in [0.2, 0.25) is 0 Å². The molecule has 0 radical (unpaired) electrons. The molecule has 0 saturated carbocycles. The van der Waals surface area contributed by atoms with E-state index < -0.39 is 0 Å². The van der Waals surface area contributed by atoms with E-state index >= 15 is 0 Å². The van der Waals surface area contributed by atoms with E-state index in [1.807, 2.05) is 33.0 Å². The van der Waals surface area contributed by atoms with Crippen molar-refractivity contribution in [1.29, 1.82) is 0 Å². The first-order valence-corrected chi connectivity index (χ1v) is 7.16. The topological polar surface area (TPSA) is 53.1 Å². The molecule has 0 aliphatic heterocycles. The molecule has 0 spiro atoms. The van der Waals surface area contributed by atoms with Gasteiger partial charge in [0.15, 0.2) is 11.6 Å². The van der Waals surface area contributed by atoms with Crippen molar-refractivity contribution in [3.8, 4) is 5.75 Å². The van der Waals surface area contributed by atoms with Crippen LogP contribution in [0.15, 0.2) is 24.3 Å². The van der Waals surface area contributed by atoms with E-state index in [-0.39, 0.29) is 17.6 Å².